The Kier molecular flexibility index (Phi) is 5.03. The van der Waals surface area contributed by atoms with Crippen LogP contribution in [0, 0.1) is 5.92 Å². The minimum absolute atomic E-state index is 0.259. The van der Waals surface area contributed by atoms with Crippen LogP contribution in [0.3, 0.4) is 0 Å². The van der Waals surface area contributed by atoms with E-state index in [1.807, 2.05) is 6.07 Å². The van der Waals surface area contributed by atoms with Gasteiger partial charge in [-0.15, -0.1) is 0 Å². The van der Waals surface area contributed by atoms with Gasteiger partial charge in [0, 0.05) is 6.54 Å². The van der Waals surface area contributed by atoms with E-state index in [0.717, 1.165) is 11.3 Å². The van der Waals surface area contributed by atoms with Crippen LogP contribution in [-0.4, -0.2) is 35.8 Å². The average molecular weight is 317 g/mol. The van der Waals surface area contributed by atoms with E-state index in [1.54, 1.807) is 31.2 Å². The molecule has 1 aromatic carbocycles. The molecular formula is C17H23N3O3. The summed E-state index contributed by atoms with van der Waals surface area (Å²) in [5.74, 6) is -0.257. The maximum Gasteiger partial charge on any atom is 0.325 e. The molecule has 4 amide bonds. The van der Waals surface area contributed by atoms with Crippen LogP contribution < -0.4 is 10.6 Å². The van der Waals surface area contributed by atoms with E-state index >= 15 is 0 Å². The van der Waals surface area contributed by atoms with Crippen molar-refractivity contribution in [1.82, 2.24) is 15.5 Å². The zero-order valence-corrected chi connectivity index (χ0v) is 13.8. The van der Waals surface area contributed by atoms with E-state index in [2.05, 4.69) is 24.5 Å². The maximum atomic E-state index is 12.6. The Morgan fingerprint density at radius 3 is 2.52 bits per heavy atom. The van der Waals surface area contributed by atoms with Crippen LogP contribution in [0.25, 0.3) is 0 Å². The number of rotatable bonds is 6. The van der Waals surface area contributed by atoms with E-state index < -0.39 is 17.5 Å². The number of carbonyl (C=O) groups is 3. The van der Waals surface area contributed by atoms with Crippen LogP contribution in [0.2, 0.25) is 0 Å². The zero-order valence-electron chi connectivity index (χ0n) is 13.8. The molecule has 0 radical (unpaired) electrons. The van der Waals surface area contributed by atoms with E-state index in [-0.39, 0.29) is 12.5 Å². The van der Waals surface area contributed by atoms with Crippen molar-refractivity contribution in [2.75, 3.05) is 13.1 Å². The van der Waals surface area contributed by atoms with E-state index in [9.17, 15) is 14.4 Å². The highest BCUT2D eigenvalue weighted by Crippen LogP contribution is 2.28. The fraction of sp³-hybridized carbons (Fsp3) is 0.471. The minimum atomic E-state index is -1.13. The van der Waals surface area contributed by atoms with Gasteiger partial charge in [0.1, 0.15) is 12.1 Å². The van der Waals surface area contributed by atoms with Crippen LogP contribution in [-0.2, 0) is 15.1 Å². The van der Waals surface area contributed by atoms with Crippen molar-refractivity contribution in [3.8, 4) is 0 Å². The highest BCUT2D eigenvalue weighted by molar-refractivity contribution is 6.09. The molecule has 6 heteroatoms. The molecule has 2 rings (SSSR count). The van der Waals surface area contributed by atoms with Gasteiger partial charge >= 0.3 is 6.03 Å². The van der Waals surface area contributed by atoms with E-state index in [4.69, 9.17) is 0 Å². The number of hydrogen-bond donors (Lipinski definition) is 2. The van der Waals surface area contributed by atoms with Crippen LogP contribution in [0.1, 0.15) is 32.8 Å². The topological polar surface area (TPSA) is 78.5 Å². The second-order valence-corrected chi connectivity index (χ2v) is 6.34. The standard InChI is InChI=1S/C17H23N3O3/c1-12(2)9-10-18-14(21)11-20-15(22)17(3,19-16(20)23)13-7-5-4-6-8-13/h4-8,12H,9-11H2,1-3H3,(H,18,21)(H,19,23)/t17-/m1/s1. The Bertz CT molecular complexity index is 600. The number of amides is 4. The lowest BCUT2D eigenvalue weighted by molar-refractivity contribution is -0.134. The lowest BCUT2D eigenvalue weighted by atomic mass is 9.92. The predicted molar refractivity (Wildman–Crippen MR) is 86.5 cm³/mol. The van der Waals surface area contributed by atoms with Gasteiger partial charge in [-0.3, -0.25) is 14.5 Å². The third-order valence-corrected chi connectivity index (χ3v) is 3.97. The smallest absolute Gasteiger partial charge is 0.325 e. The molecule has 124 valence electrons. The predicted octanol–water partition coefficient (Wildman–Crippen LogP) is 1.62. The maximum absolute atomic E-state index is 12.6. The van der Waals surface area contributed by atoms with Gasteiger partial charge in [0.05, 0.1) is 0 Å². The molecule has 0 bridgehead atoms. The highest BCUT2D eigenvalue weighted by atomic mass is 16.2. The van der Waals surface area contributed by atoms with Gasteiger partial charge in [0.25, 0.3) is 5.91 Å². The van der Waals surface area contributed by atoms with E-state index in [1.165, 1.54) is 0 Å². The normalized spacial score (nSPS) is 20.8. The van der Waals surface area contributed by atoms with Crippen LogP contribution in [0.5, 0.6) is 0 Å². The summed E-state index contributed by atoms with van der Waals surface area (Å²) in [7, 11) is 0. The first-order valence-corrected chi connectivity index (χ1v) is 7.81. The van der Waals surface area contributed by atoms with Crippen molar-refractivity contribution >= 4 is 17.8 Å². The quantitative estimate of drug-likeness (QED) is 0.783. The Morgan fingerprint density at radius 2 is 1.91 bits per heavy atom. The summed E-state index contributed by atoms with van der Waals surface area (Å²) in [5.41, 5.74) is -0.433. The fourth-order valence-electron chi connectivity index (χ4n) is 2.51. The van der Waals surface area contributed by atoms with E-state index in [0.29, 0.717) is 18.0 Å². The number of urea groups is 1. The molecule has 0 aliphatic carbocycles. The molecule has 1 saturated heterocycles. The summed E-state index contributed by atoms with van der Waals surface area (Å²) < 4.78 is 0. The van der Waals surface area contributed by atoms with Crippen molar-refractivity contribution in [3.63, 3.8) is 0 Å². The zero-order chi connectivity index (χ0) is 17.0. The van der Waals surface area contributed by atoms with Crippen molar-refractivity contribution in [3.05, 3.63) is 35.9 Å². The third-order valence-electron chi connectivity index (χ3n) is 3.97. The Morgan fingerprint density at radius 1 is 1.26 bits per heavy atom. The first-order chi connectivity index (χ1) is 10.8. The van der Waals surface area contributed by atoms with Gasteiger partial charge in [0.2, 0.25) is 5.91 Å². The van der Waals surface area contributed by atoms with Gasteiger partial charge in [0.15, 0.2) is 0 Å². The second kappa shape index (κ2) is 6.81. The summed E-state index contributed by atoms with van der Waals surface area (Å²) in [4.78, 5) is 37.6. The first-order valence-electron chi connectivity index (χ1n) is 7.81. The average Bonchev–Trinajstić information content (AvgIpc) is 2.72. The fourth-order valence-corrected chi connectivity index (χ4v) is 2.51. The van der Waals surface area contributed by atoms with Crippen molar-refractivity contribution in [2.45, 2.75) is 32.7 Å². The number of hydrogen-bond acceptors (Lipinski definition) is 3. The summed E-state index contributed by atoms with van der Waals surface area (Å²) >= 11 is 0. The molecule has 1 aromatic rings. The number of benzene rings is 1. The summed E-state index contributed by atoms with van der Waals surface area (Å²) in [6.07, 6.45) is 0.855. The molecule has 1 aliphatic rings. The molecule has 0 unspecified atom stereocenters. The molecule has 0 aromatic heterocycles. The van der Waals surface area contributed by atoms with Crippen LogP contribution >= 0.6 is 0 Å². The Labute approximate surface area is 136 Å². The molecule has 23 heavy (non-hydrogen) atoms. The third kappa shape index (κ3) is 3.70. The van der Waals surface area contributed by atoms with Gasteiger partial charge in [-0.05, 0) is 24.8 Å². The van der Waals surface area contributed by atoms with Crippen molar-refractivity contribution < 1.29 is 14.4 Å². The summed E-state index contributed by atoms with van der Waals surface area (Å²) in [5, 5.41) is 5.42. The van der Waals surface area contributed by atoms with Gasteiger partial charge < -0.3 is 10.6 Å². The molecule has 1 heterocycles. The molecule has 6 nitrogen and oxygen atoms in total. The lowest BCUT2D eigenvalue weighted by Crippen LogP contribution is -2.43. The highest BCUT2D eigenvalue weighted by Gasteiger charge is 2.49. The number of nitrogens with zero attached hydrogens (tertiary/aromatic N) is 1. The summed E-state index contributed by atoms with van der Waals surface area (Å²) in [6.45, 7) is 6.06. The molecular weight excluding hydrogens is 294 g/mol. The number of imide groups is 1. The molecule has 2 N–H and O–H groups in total. The molecule has 1 fully saturated rings. The second-order valence-electron chi connectivity index (χ2n) is 6.34. The van der Waals surface area contributed by atoms with Crippen molar-refractivity contribution in [1.29, 1.82) is 0 Å². The molecule has 0 spiro atoms. The molecule has 1 atom stereocenters. The summed E-state index contributed by atoms with van der Waals surface area (Å²) in [6, 6.07) is 8.48. The van der Waals surface area contributed by atoms with Gasteiger partial charge in [-0.2, -0.15) is 0 Å². The first kappa shape index (κ1) is 17.0. The van der Waals surface area contributed by atoms with Gasteiger partial charge in [-0.25, -0.2) is 4.79 Å². The van der Waals surface area contributed by atoms with Gasteiger partial charge in [-0.1, -0.05) is 44.2 Å². The minimum Gasteiger partial charge on any atom is -0.355 e. The Hall–Kier alpha value is -2.37. The molecule has 0 saturated carbocycles. The van der Waals surface area contributed by atoms with Crippen LogP contribution in [0.4, 0.5) is 4.79 Å². The van der Waals surface area contributed by atoms with Crippen molar-refractivity contribution in [2.24, 2.45) is 5.92 Å². The number of nitrogens with one attached hydrogen (secondary N) is 2. The monoisotopic (exact) mass is 317 g/mol. The number of carbonyl (C=O) groups excluding carboxylic acids is 3. The largest absolute Gasteiger partial charge is 0.355 e. The van der Waals surface area contributed by atoms with Crippen LogP contribution in [0.15, 0.2) is 30.3 Å². The SMILES string of the molecule is CC(C)CCNC(=O)CN1C(=O)N[C@](C)(c2ccccc2)C1=O. The lowest BCUT2D eigenvalue weighted by Gasteiger charge is -2.22. The molecule has 1 aliphatic heterocycles. The Balaban J connectivity index is 2.03.